The predicted molar refractivity (Wildman–Crippen MR) is 132 cm³/mol. The van der Waals surface area contributed by atoms with Crippen molar-refractivity contribution in [3.05, 3.63) is 65.6 Å². The van der Waals surface area contributed by atoms with Crippen molar-refractivity contribution in [2.24, 2.45) is 0 Å². The maximum absolute atomic E-state index is 13.0. The summed E-state index contributed by atoms with van der Waals surface area (Å²) in [6.45, 7) is 1.96. The van der Waals surface area contributed by atoms with Crippen LogP contribution in [0.3, 0.4) is 0 Å². The molecule has 0 aliphatic heterocycles. The maximum atomic E-state index is 13.0. The van der Waals surface area contributed by atoms with Crippen molar-refractivity contribution in [1.82, 2.24) is 39.7 Å². The lowest BCUT2D eigenvalue weighted by Gasteiger charge is -2.13. The Bertz CT molecular complexity index is 1620. The number of rotatable bonds is 7. The van der Waals surface area contributed by atoms with Gasteiger partial charge < -0.3 is 15.0 Å². The number of benzene rings is 1. The number of alkyl halides is 3. The number of aromatic nitrogens is 8. The summed E-state index contributed by atoms with van der Waals surface area (Å²) in [5, 5.41) is 6.92. The molecule has 1 fully saturated rings. The van der Waals surface area contributed by atoms with Crippen molar-refractivity contribution in [1.29, 1.82) is 0 Å². The molecule has 194 valence electrons. The van der Waals surface area contributed by atoms with Crippen LogP contribution in [0.15, 0.2) is 43.0 Å². The minimum atomic E-state index is -4.50. The van der Waals surface area contributed by atoms with Crippen LogP contribution in [-0.2, 0) is 12.7 Å². The van der Waals surface area contributed by atoms with Crippen molar-refractivity contribution in [3.63, 3.8) is 0 Å². The first-order valence-corrected chi connectivity index (χ1v) is 11.9. The Hall–Kier alpha value is -4.55. The van der Waals surface area contributed by atoms with Crippen LogP contribution in [0.5, 0.6) is 5.88 Å². The third-order valence-electron chi connectivity index (χ3n) is 6.33. The second kappa shape index (κ2) is 9.08. The van der Waals surface area contributed by atoms with Gasteiger partial charge in [-0.15, -0.1) is 0 Å². The van der Waals surface area contributed by atoms with E-state index in [9.17, 15) is 13.2 Å². The molecule has 0 bridgehead atoms. The Kier molecular flexibility index (Phi) is 5.69. The number of methoxy groups -OCH3 is 1. The minimum Gasteiger partial charge on any atom is -0.480 e. The van der Waals surface area contributed by atoms with Gasteiger partial charge in [0.05, 0.1) is 30.4 Å². The summed E-state index contributed by atoms with van der Waals surface area (Å²) in [5.41, 5.74) is 4.21. The van der Waals surface area contributed by atoms with E-state index in [-0.39, 0.29) is 0 Å². The van der Waals surface area contributed by atoms with E-state index in [1.54, 1.807) is 32.5 Å². The summed E-state index contributed by atoms with van der Waals surface area (Å²) in [5.74, 6) is 1.12. The first-order chi connectivity index (χ1) is 18.3. The molecule has 38 heavy (non-hydrogen) atoms. The molecule has 0 amide bonds. The summed E-state index contributed by atoms with van der Waals surface area (Å²) in [7, 11) is 1.56. The molecular formula is C25H22F3N9O. The molecular weight excluding hydrogens is 499 g/mol. The number of nitrogens with zero attached hydrogens (tertiary/aromatic N) is 7. The van der Waals surface area contributed by atoms with E-state index in [2.05, 4.69) is 35.3 Å². The van der Waals surface area contributed by atoms with Crippen molar-refractivity contribution in [2.45, 2.75) is 38.4 Å². The predicted octanol–water partition coefficient (Wildman–Crippen LogP) is 4.82. The molecule has 1 saturated carbocycles. The zero-order valence-electron chi connectivity index (χ0n) is 20.4. The Morgan fingerprint density at radius 1 is 1.11 bits per heavy atom. The lowest BCUT2D eigenvalue weighted by molar-refractivity contribution is -0.141. The number of imidazole rings is 1. The fraction of sp³-hybridized carbons (Fsp3) is 0.280. The van der Waals surface area contributed by atoms with Gasteiger partial charge in [-0.3, -0.25) is 0 Å². The molecule has 2 N–H and O–H groups in total. The number of aryl methyl sites for hydroxylation is 1. The molecule has 0 unspecified atom stereocenters. The molecule has 4 aromatic heterocycles. The number of halogens is 3. The summed E-state index contributed by atoms with van der Waals surface area (Å²) >= 11 is 0. The summed E-state index contributed by atoms with van der Waals surface area (Å²) < 4.78 is 45.9. The number of aromatic amines is 1. The van der Waals surface area contributed by atoms with Gasteiger partial charge in [-0.1, -0.05) is 12.1 Å². The van der Waals surface area contributed by atoms with Crippen molar-refractivity contribution < 1.29 is 17.9 Å². The maximum Gasteiger partial charge on any atom is 0.435 e. The number of hydrogen-bond acceptors (Lipinski definition) is 8. The Morgan fingerprint density at radius 3 is 2.58 bits per heavy atom. The van der Waals surface area contributed by atoms with Gasteiger partial charge in [0, 0.05) is 18.2 Å². The first-order valence-electron chi connectivity index (χ1n) is 11.9. The van der Waals surface area contributed by atoms with Crippen LogP contribution in [-0.4, -0.2) is 46.8 Å². The van der Waals surface area contributed by atoms with Crippen molar-refractivity contribution in [3.8, 4) is 22.8 Å². The van der Waals surface area contributed by atoms with E-state index >= 15 is 0 Å². The van der Waals surface area contributed by atoms with Gasteiger partial charge in [0.2, 0.25) is 11.8 Å². The van der Waals surface area contributed by atoms with Crippen LogP contribution >= 0.6 is 0 Å². The average molecular weight is 522 g/mol. The van der Waals surface area contributed by atoms with E-state index in [1.165, 1.54) is 11.0 Å². The highest BCUT2D eigenvalue weighted by Gasteiger charge is 2.35. The highest BCUT2D eigenvalue weighted by Crippen LogP contribution is 2.46. The van der Waals surface area contributed by atoms with Gasteiger partial charge in [-0.25, -0.2) is 24.6 Å². The Labute approximate surface area is 214 Å². The van der Waals surface area contributed by atoms with Gasteiger partial charge in [-0.2, -0.15) is 23.3 Å². The smallest absolute Gasteiger partial charge is 0.435 e. The summed E-state index contributed by atoms with van der Waals surface area (Å²) in [6.07, 6.45) is 0.643. The molecule has 1 aliphatic rings. The fourth-order valence-corrected chi connectivity index (χ4v) is 4.33. The molecule has 1 aliphatic carbocycles. The lowest BCUT2D eigenvalue weighted by Crippen LogP contribution is -2.08. The number of nitrogens with one attached hydrogen (secondary N) is 2. The van der Waals surface area contributed by atoms with Crippen LogP contribution in [0.4, 0.5) is 19.1 Å². The topological polar surface area (TPSA) is 119 Å². The van der Waals surface area contributed by atoms with Gasteiger partial charge in [0.15, 0.2) is 11.3 Å². The van der Waals surface area contributed by atoms with Crippen molar-refractivity contribution in [2.75, 3.05) is 12.4 Å². The number of anilines is 1. The number of ether oxygens (including phenoxy) is 1. The molecule has 6 rings (SSSR count). The van der Waals surface area contributed by atoms with Crippen molar-refractivity contribution >= 4 is 17.1 Å². The van der Waals surface area contributed by atoms with Gasteiger partial charge in [-0.05, 0) is 43.5 Å². The number of fused-ring (bicyclic) bond motifs is 1. The highest BCUT2D eigenvalue weighted by atomic mass is 19.4. The molecule has 13 heteroatoms. The molecule has 0 spiro atoms. The standard InChI is InChI=1S/C25H22F3N9O/c1-13-9-17(25(26,27)28)36-37(13)16-7-3-14(4-8-16)10-29-24-34-20(21-22(35-24)32-11-31-21)18-19(15-5-6-15)30-12-33-23(18)38-2/h3-4,7-9,11-12,15H,5-6,10H2,1-2H3,(H2,29,31,32,34,35). The molecule has 4 heterocycles. The summed E-state index contributed by atoms with van der Waals surface area (Å²) in [4.78, 5) is 25.5. The Balaban J connectivity index is 1.28. The van der Waals surface area contributed by atoms with Crippen LogP contribution in [0.1, 0.15) is 41.4 Å². The van der Waals surface area contributed by atoms with Crippen LogP contribution < -0.4 is 10.1 Å². The second-order valence-electron chi connectivity index (χ2n) is 9.01. The van der Waals surface area contributed by atoms with E-state index < -0.39 is 11.9 Å². The number of H-pyrrole nitrogens is 1. The average Bonchev–Trinajstić information content (AvgIpc) is 3.51. The lowest BCUT2D eigenvalue weighted by atomic mass is 10.1. The minimum absolute atomic E-state index is 0.329. The van der Waals surface area contributed by atoms with E-state index in [1.807, 2.05) is 12.1 Å². The van der Waals surface area contributed by atoms with Crippen LogP contribution in [0, 0.1) is 6.92 Å². The second-order valence-corrected chi connectivity index (χ2v) is 9.01. The summed E-state index contributed by atoms with van der Waals surface area (Å²) in [6, 6.07) is 8.08. The quantitative estimate of drug-likeness (QED) is 0.313. The van der Waals surface area contributed by atoms with E-state index in [4.69, 9.17) is 9.72 Å². The zero-order chi connectivity index (χ0) is 26.4. The van der Waals surface area contributed by atoms with Gasteiger partial charge in [0.1, 0.15) is 17.5 Å². The first kappa shape index (κ1) is 23.8. The normalized spacial score (nSPS) is 13.7. The molecule has 5 aromatic rings. The highest BCUT2D eigenvalue weighted by molar-refractivity contribution is 5.90. The van der Waals surface area contributed by atoms with Crippen LogP contribution in [0.25, 0.3) is 28.1 Å². The fourth-order valence-electron chi connectivity index (χ4n) is 4.33. The monoisotopic (exact) mass is 521 g/mol. The zero-order valence-corrected chi connectivity index (χ0v) is 20.4. The molecule has 0 atom stereocenters. The van der Waals surface area contributed by atoms with Gasteiger partial charge in [0.25, 0.3) is 0 Å². The van der Waals surface area contributed by atoms with E-state index in [0.717, 1.165) is 35.7 Å². The van der Waals surface area contributed by atoms with Gasteiger partial charge >= 0.3 is 6.18 Å². The largest absolute Gasteiger partial charge is 0.480 e. The molecule has 10 nitrogen and oxygen atoms in total. The number of hydrogen-bond donors (Lipinski definition) is 2. The SMILES string of the molecule is COc1ncnc(C2CC2)c1-c1nc(NCc2ccc(-n3nc(C(F)(F)F)cc3C)cc2)nc2nc[nH]c12. The molecule has 0 radical (unpaired) electrons. The Morgan fingerprint density at radius 2 is 1.89 bits per heavy atom. The molecule has 1 aromatic carbocycles. The third-order valence-corrected chi connectivity index (χ3v) is 6.33. The van der Waals surface area contributed by atoms with E-state index in [0.29, 0.717) is 52.5 Å². The third kappa shape index (κ3) is 4.40. The van der Waals surface area contributed by atoms with Crippen LogP contribution in [0.2, 0.25) is 0 Å². The molecule has 0 saturated heterocycles.